The lowest BCUT2D eigenvalue weighted by molar-refractivity contribution is -0.147. The summed E-state index contributed by atoms with van der Waals surface area (Å²) in [6, 6.07) is -0.211. The molecule has 1 amide bonds. The van der Waals surface area contributed by atoms with Crippen LogP contribution in [0, 0.1) is 5.92 Å². The van der Waals surface area contributed by atoms with Gasteiger partial charge in [0, 0.05) is 38.8 Å². The summed E-state index contributed by atoms with van der Waals surface area (Å²) in [5.74, 6) is -0.666. The summed E-state index contributed by atoms with van der Waals surface area (Å²) in [6.07, 6.45) is 3.94. The van der Waals surface area contributed by atoms with Crippen molar-refractivity contribution in [1.29, 1.82) is 0 Å². The first-order valence-corrected chi connectivity index (χ1v) is 11.0. The van der Waals surface area contributed by atoms with Crippen LogP contribution in [0.2, 0.25) is 0 Å². The molecule has 0 aromatic heterocycles. The molecule has 0 saturated carbocycles. The number of hydrogen-bond acceptors (Lipinski definition) is 5. The van der Waals surface area contributed by atoms with Crippen molar-refractivity contribution in [2.75, 3.05) is 38.6 Å². The highest BCUT2D eigenvalue weighted by atomic mass is 32.2. The lowest BCUT2D eigenvalue weighted by Crippen LogP contribution is -2.50. The summed E-state index contributed by atoms with van der Waals surface area (Å²) in [5.41, 5.74) is 0. The van der Waals surface area contributed by atoms with Crippen LogP contribution < -0.4 is 0 Å². The number of hydrogen-bond donors (Lipinski definition) is 1. The van der Waals surface area contributed by atoms with Crippen LogP contribution in [0.1, 0.15) is 45.4 Å². The highest BCUT2D eigenvalue weighted by molar-refractivity contribution is 7.89. The molecule has 150 valence electrons. The standard InChI is InChI=1S/C17H30N2O6S/c1-2-26(23,24)18-9-5-15(6-10-18)19(13-17(21)22)16(20)4-3-14-7-11-25-12-8-14/h14-15H,2-13H2,1H3,(H,21,22). The summed E-state index contributed by atoms with van der Waals surface area (Å²) in [6.45, 7) is 3.41. The zero-order valence-corrected chi connectivity index (χ0v) is 16.2. The predicted octanol–water partition coefficient (Wildman–Crippen LogP) is 0.921. The van der Waals surface area contributed by atoms with E-state index in [2.05, 4.69) is 0 Å². The van der Waals surface area contributed by atoms with Gasteiger partial charge in [-0.2, -0.15) is 0 Å². The molecule has 26 heavy (non-hydrogen) atoms. The number of ether oxygens (including phenoxy) is 1. The molecule has 8 nitrogen and oxygen atoms in total. The number of piperidine rings is 1. The van der Waals surface area contributed by atoms with Crippen LogP contribution in [-0.2, 0) is 24.3 Å². The van der Waals surface area contributed by atoms with Crippen molar-refractivity contribution in [2.24, 2.45) is 5.92 Å². The van der Waals surface area contributed by atoms with Crippen LogP contribution in [0.5, 0.6) is 0 Å². The van der Waals surface area contributed by atoms with E-state index in [4.69, 9.17) is 4.74 Å². The predicted molar refractivity (Wildman–Crippen MR) is 96.2 cm³/mol. The largest absolute Gasteiger partial charge is 0.480 e. The van der Waals surface area contributed by atoms with Crippen LogP contribution >= 0.6 is 0 Å². The normalized spacial score (nSPS) is 20.8. The first-order valence-electron chi connectivity index (χ1n) is 9.40. The topological polar surface area (TPSA) is 104 Å². The van der Waals surface area contributed by atoms with Crippen LogP contribution in [0.15, 0.2) is 0 Å². The number of aliphatic carboxylic acids is 1. The third-order valence-corrected chi connectivity index (χ3v) is 7.24. The van der Waals surface area contributed by atoms with Gasteiger partial charge >= 0.3 is 5.97 Å². The second kappa shape index (κ2) is 9.66. The Morgan fingerprint density at radius 3 is 2.31 bits per heavy atom. The minimum Gasteiger partial charge on any atom is -0.480 e. The number of rotatable bonds is 8. The van der Waals surface area contributed by atoms with Crippen molar-refractivity contribution < 1.29 is 27.9 Å². The van der Waals surface area contributed by atoms with Gasteiger partial charge < -0.3 is 14.7 Å². The van der Waals surface area contributed by atoms with Gasteiger partial charge in [0.15, 0.2) is 0 Å². The van der Waals surface area contributed by atoms with Crippen molar-refractivity contribution in [3.8, 4) is 0 Å². The molecule has 0 aliphatic carbocycles. The number of carbonyl (C=O) groups is 2. The second-order valence-corrected chi connectivity index (χ2v) is 9.30. The molecule has 2 heterocycles. The number of carboxylic acid groups (broad SMARTS) is 1. The molecule has 0 aromatic rings. The second-order valence-electron chi connectivity index (χ2n) is 7.04. The Hall–Kier alpha value is -1.19. The average Bonchev–Trinajstić information content (AvgIpc) is 2.65. The van der Waals surface area contributed by atoms with Crippen molar-refractivity contribution in [3.63, 3.8) is 0 Å². The number of carboxylic acids is 1. The number of nitrogens with zero attached hydrogens (tertiary/aromatic N) is 2. The van der Waals surface area contributed by atoms with Gasteiger partial charge in [0.25, 0.3) is 0 Å². The van der Waals surface area contributed by atoms with Gasteiger partial charge in [-0.05, 0) is 44.9 Å². The molecule has 9 heteroatoms. The molecule has 2 aliphatic rings. The zero-order chi connectivity index (χ0) is 19.2. The minimum absolute atomic E-state index is 0.0561. The van der Waals surface area contributed by atoms with Gasteiger partial charge in [0.05, 0.1) is 5.75 Å². The molecule has 0 radical (unpaired) electrons. The van der Waals surface area contributed by atoms with E-state index in [9.17, 15) is 23.1 Å². The van der Waals surface area contributed by atoms with Gasteiger partial charge in [-0.1, -0.05) is 0 Å². The maximum atomic E-state index is 12.7. The Kier molecular flexibility index (Phi) is 7.85. The molecule has 1 N–H and O–H groups in total. The lowest BCUT2D eigenvalue weighted by atomic mass is 9.94. The molecule has 0 bridgehead atoms. The Labute approximate surface area is 155 Å². The molecular weight excluding hydrogens is 360 g/mol. The fourth-order valence-electron chi connectivity index (χ4n) is 3.69. The molecule has 0 spiro atoms. The van der Waals surface area contributed by atoms with E-state index in [-0.39, 0.29) is 24.2 Å². The van der Waals surface area contributed by atoms with Gasteiger partial charge in [-0.15, -0.1) is 0 Å². The molecular formula is C17H30N2O6S. The van der Waals surface area contributed by atoms with Gasteiger partial charge in [0.1, 0.15) is 6.54 Å². The summed E-state index contributed by atoms with van der Waals surface area (Å²) in [7, 11) is -3.24. The molecule has 2 aliphatic heterocycles. The Bertz CT molecular complexity index is 580. The summed E-state index contributed by atoms with van der Waals surface area (Å²) in [5, 5.41) is 9.18. The van der Waals surface area contributed by atoms with E-state index in [1.807, 2.05) is 0 Å². The molecule has 0 unspecified atom stereocenters. The molecule has 0 aromatic carbocycles. The van der Waals surface area contributed by atoms with E-state index in [1.165, 1.54) is 9.21 Å². The highest BCUT2D eigenvalue weighted by Gasteiger charge is 2.32. The van der Waals surface area contributed by atoms with Gasteiger partial charge in [0.2, 0.25) is 15.9 Å². The Morgan fingerprint density at radius 1 is 1.15 bits per heavy atom. The summed E-state index contributed by atoms with van der Waals surface area (Å²) >= 11 is 0. The maximum absolute atomic E-state index is 12.7. The smallest absolute Gasteiger partial charge is 0.323 e. The summed E-state index contributed by atoms with van der Waals surface area (Å²) < 4.78 is 30.7. The molecule has 0 atom stereocenters. The van der Waals surface area contributed by atoms with E-state index in [0.29, 0.717) is 38.3 Å². The van der Waals surface area contributed by atoms with Crippen molar-refractivity contribution in [3.05, 3.63) is 0 Å². The SMILES string of the molecule is CCS(=O)(=O)N1CCC(N(CC(=O)O)C(=O)CCC2CCOCC2)CC1. The lowest BCUT2D eigenvalue weighted by Gasteiger charge is -2.37. The van der Waals surface area contributed by atoms with Crippen molar-refractivity contribution >= 4 is 21.9 Å². The molecule has 2 rings (SSSR count). The van der Waals surface area contributed by atoms with Gasteiger partial charge in [-0.3, -0.25) is 9.59 Å². The average molecular weight is 391 g/mol. The van der Waals surface area contributed by atoms with Crippen LogP contribution in [0.4, 0.5) is 0 Å². The molecule has 2 saturated heterocycles. The third-order valence-electron chi connectivity index (χ3n) is 5.36. The summed E-state index contributed by atoms with van der Waals surface area (Å²) in [4.78, 5) is 25.3. The first kappa shape index (κ1) is 21.1. The third kappa shape index (κ3) is 5.92. The van der Waals surface area contributed by atoms with Crippen LogP contribution in [0.25, 0.3) is 0 Å². The quantitative estimate of drug-likeness (QED) is 0.661. The van der Waals surface area contributed by atoms with Gasteiger partial charge in [-0.25, -0.2) is 12.7 Å². The van der Waals surface area contributed by atoms with Crippen molar-refractivity contribution in [2.45, 2.75) is 51.5 Å². The fraction of sp³-hybridized carbons (Fsp3) is 0.882. The Morgan fingerprint density at radius 2 is 1.77 bits per heavy atom. The Balaban J connectivity index is 1.92. The number of sulfonamides is 1. The highest BCUT2D eigenvalue weighted by Crippen LogP contribution is 2.23. The van der Waals surface area contributed by atoms with E-state index < -0.39 is 16.0 Å². The maximum Gasteiger partial charge on any atom is 0.323 e. The van der Waals surface area contributed by atoms with Crippen LogP contribution in [-0.4, -0.2) is 79.2 Å². The van der Waals surface area contributed by atoms with E-state index >= 15 is 0 Å². The van der Waals surface area contributed by atoms with E-state index in [1.54, 1.807) is 6.92 Å². The monoisotopic (exact) mass is 390 g/mol. The number of carbonyl (C=O) groups excluding carboxylic acids is 1. The minimum atomic E-state index is -3.24. The molecule has 2 fully saturated rings. The fourth-order valence-corrected chi connectivity index (χ4v) is 4.82. The zero-order valence-electron chi connectivity index (χ0n) is 15.4. The van der Waals surface area contributed by atoms with Crippen LogP contribution in [0.3, 0.4) is 0 Å². The first-order chi connectivity index (χ1) is 12.3. The van der Waals surface area contributed by atoms with Crippen molar-refractivity contribution in [1.82, 2.24) is 9.21 Å². The number of amides is 1. The van der Waals surface area contributed by atoms with E-state index in [0.717, 1.165) is 32.5 Å².